The normalized spacial score (nSPS) is 15.3. The molecule has 4 nitrogen and oxygen atoms in total. The van der Waals surface area contributed by atoms with E-state index in [1.54, 1.807) is 7.11 Å². The molecule has 0 spiro atoms. The molecule has 0 saturated heterocycles. The van der Waals surface area contributed by atoms with E-state index in [1.807, 2.05) is 24.3 Å². The summed E-state index contributed by atoms with van der Waals surface area (Å²) in [5.74, 6) is 2.05. The first-order chi connectivity index (χ1) is 10.1. The summed E-state index contributed by atoms with van der Waals surface area (Å²) < 4.78 is 10.8. The predicted molar refractivity (Wildman–Crippen MR) is 86.0 cm³/mol. The Morgan fingerprint density at radius 1 is 1.19 bits per heavy atom. The monoisotopic (exact) mass is 295 g/mol. The molecule has 1 rings (SSSR count). The Morgan fingerprint density at radius 3 is 2.48 bits per heavy atom. The van der Waals surface area contributed by atoms with Crippen molar-refractivity contribution in [3.05, 3.63) is 24.3 Å². The molecule has 2 N–H and O–H groups in total. The smallest absolute Gasteiger partial charge is 0.161 e. The molecule has 0 aliphatic heterocycles. The second kappa shape index (κ2) is 9.64. The standard InChI is InChI=1S/C17H29NO3/c1-5-13(2)10-14(3)18-11-15(19)12-21-17-9-7-6-8-16(17)20-4/h6-9,13-15,18-19H,5,10-12H2,1-4H3. The van der Waals surface area contributed by atoms with Gasteiger partial charge < -0.3 is 19.9 Å². The lowest BCUT2D eigenvalue weighted by Crippen LogP contribution is -2.37. The van der Waals surface area contributed by atoms with Crippen LogP contribution in [0.4, 0.5) is 0 Å². The molecule has 0 aromatic heterocycles. The van der Waals surface area contributed by atoms with Crippen LogP contribution in [0.1, 0.15) is 33.6 Å². The van der Waals surface area contributed by atoms with Crippen molar-refractivity contribution in [2.75, 3.05) is 20.3 Å². The molecule has 0 bridgehead atoms. The quantitative estimate of drug-likeness (QED) is 0.697. The number of methoxy groups -OCH3 is 1. The van der Waals surface area contributed by atoms with Gasteiger partial charge in [0.25, 0.3) is 0 Å². The Balaban J connectivity index is 2.29. The number of aliphatic hydroxyl groups excluding tert-OH is 1. The van der Waals surface area contributed by atoms with Gasteiger partial charge in [0, 0.05) is 12.6 Å². The van der Waals surface area contributed by atoms with Crippen molar-refractivity contribution < 1.29 is 14.6 Å². The van der Waals surface area contributed by atoms with Gasteiger partial charge in [-0.1, -0.05) is 32.4 Å². The number of hydrogen-bond donors (Lipinski definition) is 2. The number of hydrogen-bond acceptors (Lipinski definition) is 4. The van der Waals surface area contributed by atoms with Crippen LogP contribution in [0.3, 0.4) is 0 Å². The van der Waals surface area contributed by atoms with E-state index in [9.17, 15) is 5.11 Å². The summed E-state index contributed by atoms with van der Waals surface area (Å²) in [6.07, 6.45) is 1.77. The molecule has 1 aromatic carbocycles. The highest BCUT2D eigenvalue weighted by molar-refractivity contribution is 5.39. The average Bonchev–Trinajstić information content (AvgIpc) is 2.50. The highest BCUT2D eigenvalue weighted by Gasteiger charge is 2.11. The highest BCUT2D eigenvalue weighted by Crippen LogP contribution is 2.25. The molecule has 120 valence electrons. The maximum Gasteiger partial charge on any atom is 0.161 e. The fourth-order valence-electron chi connectivity index (χ4n) is 2.17. The van der Waals surface area contributed by atoms with E-state index in [2.05, 4.69) is 26.1 Å². The first-order valence-corrected chi connectivity index (χ1v) is 7.74. The molecule has 1 aromatic rings. The predicted octanol–water partition coefficient (Wildman–Crippen LogP) is 2.85. The number of benzene rings is 1. The fourth-order valence-corrected chi connectivity index (χ4v) is 2.17. The zero-order valence-corrected chi connectivity index (χ0v) is 13.6. The minimum Gasteiger partial charge on any atom is -0.493 e. The molecule has 0 fully saturated rings. The van der Waals surface area contributed by atoms with Crippen molar-refractivity contribution in [3.8, 4) is 11.5 Å². The molecule has 0 saturated carbocycles. The van der Waals surface area contributed by atoms with Gasteiger partial charge in [-0.05, 0) is 31.4 Å². The fraction of sp³-hybridized carbons (Fsp3) is 0.647. The molecule has 3 atom stereocenters. The Hall–Kier alpha value is -1.26. The van der Waals surface area contributed by atoms with Gasteiger partial charge in [0.15, 0.2) is 11.5 Å². The number of rotatable bonds is 10. The maximum atomic E-state index is 9.99. The molecule has 0 radical (unpaired) electrons. The van der Waals surface area contributed by atoms with Gasteiger partial charge in [-0.15, -0.1) is 0 Å². The van der Waals surface area contributed by atoms with Crippen molar-refractivity contribution in [2.45, 2.75) is 45.8 Å². The minimum absolute atomic E-state index is 0.253. The lowest BCUT2D eigenvalue weighted by molar-refractivity contribution is 0.101. The molecule has 21 heavy (non-hydrogen) atoms. The van der Waals surface area contributed by atoms with Crippen LogP contribution >= 0.6 is 0 Å². The molecular weight excluding hydrogens is 266 g/mol. The van der Waals surface area contributed by atoms with E-state index >= 15 is 0 Å². The van der Waals surface area contributed by atoms with Crippen molar-refractivity contribution in [1.29, 1.82) is 0 Å². The van der Waals surface area contributed by atoms with Crippen molar-refractivity contribution >= 4 is 0 Å². The summed E-state index contributed by atoms with van der Waals surface area (Å²) >= 11 is 0. The summed E-state index contributed by atoms with van der Waals surface area (Å²) in [6, 6.07) is 7.86. The summed E-state index contributed by atoms with van der Waals surface area (Å²) in [5, 5.41) is 13.3. The third kappa shape index (κ3) is 6.82. The van der Waals surface area contributed by atoms with Crippen LogP contribution in [-0.4, -0.2) is 37.5 Å². The van der Waals surface area contributed by atoms with Crippen LogP contribution in [0.25, 0.3) is 0 Å². The van der Waals surface area contributed by atoms with Gasteiger partial charge in [0.1, 0.15) is 12.7 Å². The summed E-state index contributed by atoms with van der Waals surface area (Å²) in [4.78, 5) is 0. The van der Waals surface area contributed by atoms with Gasteiger partial charge in [-0.3, -0.25) is 0 Å². The lowest BCUT2D eigenvalue weighted by Gasteiger charge is -2.20. The van der Waals surface area contributed by atoms with E-state index in [0.717, 1.165) is 6.42 Å². The second-order valence-electron chi connectivity index (χ2n) is 5.67. The van der Waals surface area contributed by atoms with E-state index in [-0.39, 0.29) is 6.61 Å². The van der Waals surface area contributed by atoms with Crippen LogP contribution in [0, 0.1) is 5.92 Å². The van der Waals surface area contributed by atoms with Gasteiger partial charge in [-0.25, -0.2) is 0 Å². The second-order valence-corrected chi connectivity index (χ2v) is 5.67. The van der Waals surface area contributed by atoms with E-state index in [4.69, 9.17) is 9.47 Å². The number of para-hydroxylation sites is 2. The summed E-state index contributed by atoms with van der Waals surface area (Å²) in [6.45, 7) is 7.39. The van der Waals surface area contributed by atoms with Crippen LogP contribution in [0.5, 0.6) is 11.5 Å². The topological polar surface area (TPSA) is 50.7 Å². The third-order valence-electron chi connectivity index (χ3n) is 3.66. The van der Waals surface area contributed by atoms with E-state index in [0.29, 0.717) is 30.0 Å². The van der Waals surface area contributed by atoms with Crippen molar-refractivity contribution in [1.82, 2.24) is 5.32 Å². The SMILES string of the molecule is CCC(C)CC(C)NCC(O)COc1ccccc1OC. The Bertz CT molecular complexity index is 397. The zero-order chi connectivity index (χ0) is 15.7. The molecule has 0 heterocycles. The average molecular weight is 295 g/mol. The Labute approximate surface area is 128 Å². The van der Waals surface area contributed by atoms with Gasteiger partial charge in [0.2, 0.25) is 0 Å². The van der Waals surface area contributed by atoms with Crippen molar-refractivity contribution in [3.63, 3.8) is 0 Å². The zero-order valence-electron chi connectivity index (χ0n) is 13.6. The van der Waals surface area contributed by atoms with Gasteiger partial charge in [-0.2, -0.15) is 0 Å². The first-order valence-electron chi connectivity index (χ1n) is 7.74. The van der Waals surface area contributed by atoms with E-state index < -0.39 is 6.10 Å². The first kappa shape index (κ1) is 17.8. The summed E-state index contributed by atoms with van der Waals surface area (Å²) in [5.41, 5.74) is 0. The molecule has 0 amide bonds. The molecule has 3 unspecified atom stereocenters. The lowest BCUT2D eigenvalue weighted by atomic mass is 10.0. The minimum atomic E-state index is -0.533. The van der Waals surface area contributed by atoms with Gasteiger partial charge in [0.05, 0.1) is 7.11 Å². The third-order valence-corrected chi connectivity index (χ3v) is 3.66. The molecule has 0 aliphatic rings. The van der Waals surface area contributed by atoms with Gasteiger partial charge >= 0.3 is 0 Å². The van der Waals surface area contributed by atoms with Crippen LogP contribution in [0.15, 0.2) is 24.3 Å². The highest BCUT2D eigenvalue weighted by atomic mass is 16.5. The number of nitrogens with one attached hydrogen (secondary N) is 1. The Kier molecular flexibility index (Phi) is 8.16. The van der Waals surface area contributed by atoms with Crippen LogP contribution in [-0.2, 0) is 0 Å². The van der Waals surface area contributed by atoms with Crippen LogP contribution < -0.4 is 14.8 Å². The van der Waals surface area contributed by atoms with Crippen LogP contribution in [0.2, 0.25) is 0 Å². The Morgan fingerprint density at radius 2 is 1.86 bits per heavy atom. The summed E-state index contributed by atoms with van der Waals surface area (Å²) in [7, 11) is 1.61. The molecule has 0 aliphatic carbocycles. The number of ether oxygens (including phenoxy) is 2. The maximum absolute atomic E-state index is 9.99. The van der Waals surface area contributed by atoms with Crippen molar-refractivity contribution in [2.24, 2.45) is 5.92 Å². The molecular formula is C17H29NO3. The number of aliphatic hydroxyl groups is 1. The molecule has 4 heteroatoms. The van der Waals surface area contributed by atoms with E-state index in [1.165, 1.54) is 6.42 Å². The largest absolute Gasteiger partial charge is 0.493 e.